The highest BCUT2D eigenvalue weighted by Gasteiger charge is 2.41. The van der Waals surface area contributed by atoms with Crippen LogP contribution in [0.3, 0.4) is 0 Å². The van der Waals surface area contributed by atoms with E-state index in [4.69, 9.17) is 9.47 Å². The van der Waals surface area contributed by atoms with Gasteiger partial charge in [0, 0.05) is 37.3 Å². The van der Waals surface area contributed by atoms with Crippen LogP contribution >= 0.6 is 0 Å². The number of nitrogens with zero attached hydrogens (tertiary/aromatic N) is 3. The average Bonchev–Trinajstić information content (AvgIpc) is 3.40. The minimum absolute atomic E-state index is 0.0265. The predicted octanol–water partition coefficient (Wildman–Crippen LogP) is 4.14. The molecule has 204 valence electrons. The Morgan fingerprint density at radius 1 is 1.16 bits per heavy atom. The van der Waals surface area contributed by atoms with Crippen molar-refractivity contribution in [3.8, 4) is 16.9 Å². The smallest absolute Gasteiger partial charge is 0.416 e. The van der Waals surface area contributed by atoms with Crippen molar-refractivity contribution >= 4 is 21.7 Å². The van der Waals surface area contributed by atoms with Crippen molar-refractivity contribution in [3.05, 3.63) is 60.1 Å². The maximum absolute atomic E-state index is 15.4. The Morgan fingerprint density at radius 3 is 2.68 bits per heavy atom. The van der Waals surface area contributed by atoms with Crippen LogP contribution in [0, 0.1) is 5.82 Å². The number of fused-ring (bicyclic) bond motifs is 1. The molecule has 0 saturated carbocycles. The normalized spacial score (nSPS) is 20.7. The summed E-state index contributed by atoms with van der Waals surface area (Å²) in [6, 6.07) is 8.17. The summed E-state index contributed by atoms with van der Waals surface area (Å²) in [5.74, 6) is -0.374. The van der Waals surface area contributed by atoms with Crippen LogP contribution in [0.15, 0.2) is 53.3 Å². The zero-order chi connectivity index (χ0) is 27.1. The summed E-state index contributed by atoms with van der Waals surface area (Å²) in [6.07, 6.45) is -3.45. The lowest BCUT2D eigenvalue weighted by molar-refractivity contribution is -0.137. The van der Waals surface area contributed by atoms with E-state index < -0.39 is 33.9 Å². The molecule has 2 atom stereocenters. The number of morpholine rings is 1. The molecule has 1 N–H and O–H groups in total. The van der Waals surface area contributed by atoms with E-state index in [9.17, 15) is 21.6 Å². The number of aromatic nitrogens is 1. The number of anilines is 2. The summed E-state index contributed by atoms with van der Waals surface area (Å²) in [4.78, 5) is 1.90. The van der Waals surface area contributed by atoms with Gasteiger partial charge in [0.2, 0.25) is 0 Å². The molecule has 14 heteroatoms. The molecule has 2 fully saturated rings. The first-order chi connectivity index (χ1) is 18.1. The third kappa shape index (κ3) is 5.15. The van der Waals surface area contributed by atoms with Crippen LogP contribution in [0.1, 0.15) is 12.0 Å². The van der Waals surface area contributed by atoms with Crippen LogP contribution in [-0.4, -0.2) is 63.4 Å². The number of piperidine rings is 1. The molecule has 0 spiro atoms. The summed E-state index contributed by atoms with van der Waals surface area (Å²) >= 11 is 0. The van der Waals surface area contributed by atoms with Gasteiger partial charge in [-0.15, -0.1) is 0 Å². The monoisotopic (exact) mass is 556 g/mol. The molecule has 1 aromatic heterocycles. The Morgan fingerprint density at radius 2 is 1.97 bits per heavy atom. The van der Waals surface area contributed by atoms with Crippen molar-refractivity contribution in [3.63, 3.8) is 0 Å². The molecule has 2 aliphatic heterocycles. The maximum Gasteiger partial charge on any atom is 0.416 e. The van der Waals surface area contributed by atoms with Gasteiger partial charge in [-0.25, -0.2) is 4.39 Å². The molecule has 2 saturated heterocycles. The van der Waals surface area contributed by atoms with Crippen molar-refractivity contribution in [2.24, 2.45) is 0 Å². The highest BCUT2D eigenvalue weighted by molar-refractivity contribution is 7.90. The first-order valence-corrected chi connectivity index (χ1v) is 13.1. The fourth-order valence-corrected chi connectivity index (χ4v) is 6.05. The SMILES string of the molecule is COc1cc(-c2cccc(C(F)(F)F)c2)c(F)cc1N1CCO[C@@H]2CN(S(=O)(=O)Nc3ccon3)CC[C@H]21. The molecule has 3 heterocycles. The van der Waals surface area contributed by atoms with Gasteiger partial charge in [-0.2, -0.15) is 25.9 Å². The van der Waals surface area contributed by atoms with Crippen LogP contribution in [0.2, 0.25) is 0 Å². The van der Waals surface area contributed by atoms with Crippen molar-refractivity contribution in [1.82, 2.24) is 9.46 Å². The molecule has 0 radical (unpaired) electrons. The molecular formula is C24H24F4N4O5S. The Kier molecular flexibility index (Phi) is 6.96. The van der Waals surface area contributed by atoms with Gasteiger partial charge in [0.25, 0.3) is 0 Å². The van der Waals surface area contributed by atoms with Gasteiger partial charge in [0.05, 0.1) is 37.1 Å². The Bertz CT molecular complexity index is 1400. The third-order valence-corrected chi connectivity index (χ3v) is 8.12. The molecule has 0 amide bonds. The lowest BCUT2D eigenvalue weighted by Gasteiger charge is -2.47. The zero-order valence-electron chi connectivity index (χ0n) is 20.1. The summed E-state index contributed by atoms with van der Waals surface area (Å²) in [6.45, 7) is 0.874. The minimum Gasteiger partial charge on any atom is -0.495 e. The number of halogens is 4. The summed E-state index contributed by atoms with van der Waals surface area (Å²) < 4.78 is 100. The summed E-state index contributed by atoms with van der Waals surface area (Å²) in [7, 11) is -2.51. The lowest BCUT2D eigenvalue weighted by Crippen LogP contribution is -2.60. The molecule has 0 bridgehead atoms. The van der Waals surface area contributed by atoms with Gasteiger partial charge in [0.1, 0.15) is 17.8 Å². The molecule has 38 heavy (non-hydrogen) atoms. The molecule has 0 unspecified atom stereocenters. The van der Waals surface area contributed by atoms with E-state index in [1.54, 1.807) is 0 Å². The number of hydrogen-bond donors (Lipinski definition) is 1. The van der Waals surface area contributed by atoms with Crippen LogP contribution in [0.5, 0.6) is 5.75 Å². The number of benzene rings is 2. The molecule has 3 aromatic rings. The number of hydrogen-bond acceptors (Lipinski definition) is 7. The highest BCUT2D eigenvalue weighted by atomic mass is 32.2. The predicted molar refractivity (Wildman–Crippen MR) is 129 cm³/mol. The van der Waals surface area contributed by atoms with Gasteiger partial charge < -0.3 is 18.9 Å². The molecular weight excluding hydrogens is 532 g/mol. The molecule has 2 aliphatic rings. The maximum atomic E-state index is 15.4. The Balaban J connectivity index is 1.40. The molecule has 5 rings (SSSR count). The highest BCUT2D eigenvalue weighted by Crippen LogP contribution is 2.40. The van der Waals surface area contributed by atoms with Crippen LogP contribution in [0.4, 0.5) is 29.1 Å². The quantitative estimate of drug-likeness (QED) is 0.456. The largest absolute Gasteiger partial charge is 0.495 e. The van der Waals surface area contributed by atoms with E-state index in [2.05, 4.69) is 14.4 Å². The average molecular weight is 557 g/mol. The molecule has 9 nitrogen and oxygen atoms in total. The summed E-state index contributed by atoms with van der Waals surface area (Å²) in [5, 5.41) is 3.57. The second-order valence-electron chi connectivity index (χ2n) is 8.89. The van der Waals surface area contributed by atoms with Crippen molar-refractivity contribution < 1.29 is 40.0 Å². The van der Waals surface area contributed by atoms with Crippen molar-refractivity contribution in [1.29, 1.82) is 0 Å². The zero-order valence-corrected chi connectivity index (χ0v) is 20.9. The first kappa shape index (κ1) is 26.3. The number of alkyl halides is 3. The van der Waals surface area contributed by atoms with E-state index in [1.165, 1.54) is 48.0 Å². The van der Waals surface area contributed by atoms with Crippen LogP contribution in [0.25, 0.3) is 11.1 Å². The second-order valence-corrected chi connectivity index (χ2v) is 10.6. The van der Waals surface area contributed by atoms with Gasteiger partial charge in [0.15, 0.2) is 5.82 Å². The second kappa shape index (κ2) is 10.1. The van der Waals surface area contributed by atoms with Gasteiger partial charge >= 0.3 is 16.4 Å². The number of ether oxygens (including phenoxy) is 2. The summed E-state index contributed by atoms with van der Waals surface area (Å²) in [5.41, 5.74) is -0.425. The number of nitrogens with one attached hydrogen (secondary N) is 1. The van der Waals surface area contributed by atoms with Gasteiger partial charge in [-0.3, -0.25) is 4.72 Å². The van der Waals surface area contributed by atoms with E-state index >= 15 is 4.39 Å². The number of methoxy groups -OCH3 is 1. The van der Waals surface area contributed by atoms with E-state index in [0.29, 0.717) is 18.7 Å². The topological polar surface area (TPSA) is 97.1 Å². The third-order valence-electron chi connectivity index (χ3n) is 6.64. The Labute approximate surface area is 216 Å². The van der Waals surface area contributed by atoms with Gasteiger partial charge in [-0.05, 0) is 30.2 Å². The lowest BCUT2D eigenvalue weighted by atomic mass is 9.97. The van der Waals surface area contributed by atoms with Crippen LogP contribution < -0.4 is 14.4 Å². The fraction of sp³-hybridized carbons (Fsp3) is 0.375. The van der Waals surface area contributed by atoms with Crippen LogP contribution in [-0.2, 0) is 21.1 Å². The fourth-order valence-electron chi connectivity index (χ4n) is 4.86. The molecule has 2 aromatic carbocycles. The van der Waals surface area contributed by atoms with E-state index in [1.807, 2.05) is 4.90 Å². The van der Waals surface area contributed by atoms with Gasteiger partial charge in [-0.1, -0.05) is 17.3 Å². The van der Waals surface area contributed by atoms with Crippen molar-refractivity contribution in [2.45, 2.75) is 24.7 Å². The number of rotatable bonds is 6. The minimum atomic E-state index is -4.56. The Hall–Kier alpha value is -3.36. The standard InChI is InChI=1S/C24H24F4N4O5S/c1-35-21-12-17(15-3-2-4-16(11-15)24(26,27)28)18(25)13-20(21)32-8-10-36-22-14-31(7-5-19(22)32)38(33,34)30-23-6-9-37-29-23/h2-4,6,9,11-13,19,22H,5,7-8,10,14H2,1H3,(H,29,30)/t19-,22-/m1/s1. The van der Waals surface area contributed by atoms with E-state index in [0.717, 1.165) is 12.1 Å². The van der Waals surface area contributed by atoms with Crippen molar-refractivity contribution in [2.75, 3.05) is 43.0 Å². The molecule has 0 aliphatic carbocycles. The van der Waals surface area contributed by atoms with E-state index in [-0.39, 0.29) is 48.4 Å². The first-order valence-electron chi connectivity index (χ1n) is 11.7.